The third-order valence-electron chi connectivity index (χ3n) is 7.20. The van der Waals surface area contributed by atoms with E-state index in [1.807, 2.05) is 0 Å². The first-order valence-corrected chi connectivity index (χ1v) is 16.4. The SMILES string of the molecule is CCCCCCCCCCCCCCC.CCCCCCCCCCCCCCCCCC(=O)O. The summed E-state index contributed by atoms with van der Waals surface area (Å²) < 4.78 is 0. The zero-order chi connectivity index (χ0) is 26.1. The summed E-state index contributed by atoms with van der Waals surface area (Å²) in [5, 5.41) is 8.52. The number of carboxylic acid groups (broad SMARTS) is 1. The van der Waals surface area contributed by atoms with Crippen molar-refractivity contribution in [1.29, 1.82) is 0 Å². The molecule has 0 aliphatic heterocycles. The van der Waals surface area contributed by atoms with Crippen LogP contribution in [0.1, 0.15) is 207 Å². The van der Waals surface area contributed by atoms with E-state index < -0.39 is 5.97 Å². The zero-order valence-electron chi connectivity index (χ0n) is 24.9. The predicted octanol–water partition coefficient (Wildman–Crippen LogP) is 12.4. The van der Waals surface area contributed by atoms with Gasteiger partial charge in [0.25, 0.3) is 0 Å². The Morgan fingerprint density at radius 3 is 0.686 bits per heavy atom. The molecule has 1 N–H and O–H groups in total. The Morgan fingerprint density at radius 2 is 0.514 bits per heavy atom. The van der Waals surface area contributed by atoms with Gasteiger partial charge < -0.3 is 5.11 Å². The van der Waals surface area contributed by atoms with Crippen LogP contribution >= 0.6 is 0 Å². The van der Waals surface area contributed by atoms with E-state index in [0.29, 0.717) is 6.42 Å². The lowest BCUT2D eigenvalue weighted by atomic mass is 10.0. The highest BCUT2D eigenvalue weighted by atomic mass is 16.4. The van der Waals surface area contributed by atoms with Gasteiger partial charge >= 0.3 is 5.97 Å². The van der Waals surface area contributed by atoms with Gasteiger partial charge in [-0.1, -0.05) is 194 Å². The quantitative estimate of drug-likeness (QED) is 0.109. The average molecular weight is 497 g/mol. The molecule has 0 heterocycles. The first-order valence-electron chi connectivity index (χ1n) is 16.4. The number of hydrogen-bond donors (Lipinski definition) is 1. The van der Waals surface area contributed by atoms with Crippen molar-refractivity contribution in [2.45, 2.75) is 207 Å². The van der Waals surface area contributed by atoms with E-state index in [4.69, 9.17) is 5.11 Å². The molecule has 212 valence electrons. The second-order valence-corrected chi connectivity index (χ2v) is 11.0. The summed E-state index contributed by atoms with van der Waals surface area (Å²) in [6.45, 7) is 6.85. The van der Waals surface area contributed by atoms with Gasteiger partial charge in [0, 0.05) is 6.42 Å². The minimum atomic E-state index is -0.653. The smallest absolute Gasteiger partial charge is 0.303 e. The van der Waals surface area contributed by atoms with Crippen LogP contribution in [0.15, 0.2) is 0 Å². The molecule has 0 aromatic heterocycles. The monoisotopic (exact) mass is 497 g/mol. The summed E-state index contributed by atoms with van der Waals surface area (Å²) in [5.41, 5.74) is 0. The molecule has 0 radical (unpaired) electrons. The summed E-state index contributed by atoms with van der Waals surface area (Å²) in [4.78, 5) is 10.3. The molecule has 0 atom stereocenters. The molecule has 35 heavy (non-hydrogen) atoms. The molecule has 0 aliphatic rings. The number of aliphatic carboxylic acids is 1. The van der Waals surface area contributed by atoms with Gasteiger partial charge in [0.05, 0.1) is 0 Å². The van der Waals surface area contributed by atoms with Crippen LogP contribution in [0.5, 0.6) is 0 Å². The van der Waals surface area contributed by atoms with Gasteiger partial charge in [0.15, 0.2) is 0 Å². The highest BCUT2D eigenvalue weighted by Gasteiger charge is 1.97. The van der Waals surface area contributed by atoms with Crippen molar-refractivity contribution in [3.05, 3.63) is 0 Å². The van der Waals surface area contributed by atoms with E-state index in [0.717, 1.165) is 12.8 Å². The third kappa shape index (κ3) is 40.9. The Morgan fingerprint density at radius 1 is 0.343 bits per heavy atom. The van der Waals surface area contributed by atoms with Crippen molar-refractivity contribution in [3.63, 3.8) is 0 Å². The molecule has 0 fully saturated rings. The van der Waals surface area contributed by atoms with Crippen molar-refractivity contribution in [2.24, 2.45) is 0 Å². The summed E-state index contributed by atoms with van der Waals surface area (Å²) in [6.07, 6.45) is 39.1. The summed E-state index contributed by atoms with van der Waals surface area (Å²) >= 11 is 0. The Balaban J connectivity index is 0. The Bertz CT molecular complexity index is 354. The van der Waals surface area contributed by atoms with Gasteiger partial charge in [0.1, 0.15) is 0 Å². The van der Waals surface area contributed by atoms with Crippen molar-refractivity contribution >= 4 is 5.97 Å². The fourth-order valence-corrected chi connectivity index (χ4v) is 4.74. The van der Waals surface area contributed by atoms with Crippen LogP contribution in [0.4, 0.5) is 0 Å². The van der Waals surface area contributed by atoms with E-state index in [1.54, 1.807) is 0 Å². The molecule has 0 saturated carbocycles. The normalized spacial score (nSPS) is 10.8. The van der Waals surface area contributed by atoms with Gasteiger partial charge in [-0.3, -0.25) is 4.79 Å². The van der Waals surface area contributed by atoms with Crippen LogP contribution in [0.25, 0.3) is 0 Å². The fourth-order valence-electron chi connectivity index (χ4n) is 4.74. The molecule has 0 bridgehead atoms. The Hall–Kier alpha value is -0.530. The molecule has 0 amide bonds. The molecule has 0 saturated heterocycles. The van der Waals surface area contributed by atoms with E-state index in [2.05, 4.69) is 20.8 Å². The topological polar surface area (TPSA) is 37.3 Å². The minimum absolute atomic E-state index is 0.345. The van der Waals surface area contributed by atoms with E-state index >= 15 is 0 Å². The summed E-state index contributed by atoms with van der Waals surface area (Å²) in [6, 6.07) is 0. The zero-order valence-corrected chi connectivity index (χ0v) is 24.9. The predicted molar refractivity (Wildman–Crippen MR) is 159 cm³/mol. The van der Waals surface area contributed by atoms with Crippen LogP contribution in [0, 0.1) is 0 Å². The van der Waals surface area contributed by atoms with Crippen LogP contribution in [0.3, 0.4) is 0 Å². The maximum Gasteiger partial charge on any atom is 0.303 e. The molecule has 0 aliphatic carbocycles. The molecule has 2 heteroatoms. The first-order chi connectivity index (χ1) is 17.2. The van der Waals surface area contributed by atoms with E-state index in [9.17, 15) is 4.79 Å². The summed E-state index contributed by atoms with van der Waals surface area (Å²) in [7, 11) is 0. The molecular weight excluding hydrogens is 428 g/mol. The van der Waals surface area contributed by atoms with Gasteiger partial charge in [-0.15, -0.1) is 0 Å². The maximum absolute atomic E-state index is 10.3. The standard InChI is InChI=1S/C18H36O2.C15H32/c1-2-3-4-5-6-7-8-9-10-11-12-13-14-15-16-17-18(19)20;1-3-5-7-9-11-13-15-14-12-10-8-6-4-2/h2-17H2,1H3,(H,19,20);3-15H2,1-2H3. The van der Waals surface area contributed by atoms with Crippen molar-refractivity contribution in [3.8, 4) is 0 Å². The number of carbonyl (C=O) groups is 1. The van der Waals surface area contributed by atoms with Gasteiger partial charge in [-0.25, -0.2) is 0 Å². The first kappa shape index (κ1) is 36.6. The minimum Gasteiger partial charge on any atom is -0.481 e. The lowest BCUT2D eigenvalue weighted by molar-refractivity contribution is -0.137. The largest absolute Gasteiger partial charge is 0.481 e. The maximum atomic E-state index is 10.3. The van der Waals surface area contributed by atoms with Crippen LogP contribution in [-0.4, -0.2) is 11.1 Å². The number of hydrogen-bond acceptors (Lipinski definition) is 1. The van der Waals surface area contributed by atoms with Crippen LogP contribution < -0.4 is 0 Å². The number of carboxylic acids is 1. The molecule has 0 spiro atoms. The lowest BCUT2D eigenvalue weighted by Crippen LogP contribution is -1.93. The van der Waals surface area contributed by atoms with Gasteiger partial charge in [-0.2, -0.15) is 0 Å². The highest BCUT2D eigenvalue weighted by molar-refractivity contribution is 5.66. The summed E-state index contributed by atoms with van der Waals surface area (Å²) in [5.74, 6) is -0.653. The molecule has 2 nitrogen and oxygen atoms in total. The highest BCUT2D eigenvalue weighted by Crippen LogP contribution is 2.14. The lowest BCUT2D eigenvalue weighted by Gasteiger charge is -2.03. The number of rotatable bonds is 28. The van der Waals surface area contributed by atoms with Crippen LogP contribution in [0.2, 0.25) is 0 Å². The molecule has 0 rings (SSSR count). The van der Waals surface area contributed by atoms with Crippen molar-refractivity contribution in [1.82, 2.24) is 0 Å². The molecule has 0 aromatic carbocycles. The van der Waals surface area contributed by atoms with Crippen molar-refractivity contribution in [2.75, 3.05) is 0 Å². The van der Waals surface area contributed by atoms with Gasteiger partial charge in [0.2, 0.25) is 0 Å². The molecule has 0 aromatic rings. The molecule has 0 unspecified atom stereocenters. The Labute approximate surface area is 222 Å². The van der Waals surface area contributed by atoms with Gasteiger partial charge in [-0.05, 0) is 6.42 Å². The van der Waals surface area contributed by atoms with Crippen molar-refractivity contribution < 1.29 is 9.90 Å². The molecular formula is C33H68O2. The third-order valence-corrected chi connectivity index (χ3v) is 7.20. The second-order valence-electron chi connectivity index (χ2n) is 11.0. The average Bonchev–Trinajstić information content (AvgIpc) is 2.85. The Kier molecular flexibility index (Phi) is 37.3. The van der Waals surface area contributed by atoms with E-state index in [-0.39, 0.29) is 0 Å². The fraction of sp³-hybridized carbons (Fsp3) is 0.970. The second kappa shape index (κ2) is 35.6. The van der Waals surface area contributed by atoms with E-state index in [1.165, 1.54) is 167 Å². The van der Waals surface area contributed by atoms with Crippen LogP contribution in [-0.2, 0) is 4.79 Å². The number of unbranched alkanes of at least 4 members (excludes halogenated alkanes) is 26.